The zero-order valence-electron chi connectivity index (χ0n) is 10.7. The first-order valence-corrected chi connectivity index (χ1v) is 8.16. The summed E-state index contributed by atoms with van der Waals surface area (Å²) in [6.07, 6.45) is 4.31. The standard InChI is InChI=1S/C14H18Br2N2O/c15-10-5-6-12(16)13(7-10)18-14(19)11-4-2-1-3-9(11)8-17/h5-7,9,11H,1-4,8,17H2,(H,18,19). The van der Waals surface area contributed by atoms with Gasteiger partial charge in [0.15, 0.2) is 0 Å². The highest BCUT2D eigenvalue weighted by atomic mass is 79.9. The second kappa shape index (κ2) is 6.86. The quantitative estimate of drug-likeness (QED) is 0.823. The van der Waals surface area contributed by atoms with Crippen LogP contribution in [0.3, 0.4) is 0 Å². The zero-order valence-corrected chi connectivity index (χ0v) is 13.8. The van der Waals surface area contributed by atoms with Gasteiger partial charge in [0, 0.05) is 14.9 Å². The molecular weight excluding hydrogens is 372 g/mol. The van der Waals surface area contributed by atoms with Gasteiger partial charge < -0.3 is 11.1 Å². The Kier molecular flexibility index (Phi) is 5.42. The smallest absolute Gasteiger partial charge is 0.227 e. The van der Waals surface area contributed by atoms with E-state index in [0.717, 1.165) is 33.9 Å². The number of amides is 1. The van der Waals surface area contributed by atoms with Gasteiger partial charge in [0.1, 0.15) is 0 Å². The van der Waals surface area contributed by atoms with Crippen LogP contribution in [-0.4, -0.2) is 12.5 Å². The second-order valence-corrected chi connectivity index (χ2v) is 6.77. The van der Waals surface area contributed by atoms with Crippen LogP contribution in [0.1, 0.15) is 25.7 Å². The van der Waals surface area contributed by atoms with Crippen LogP contribution in [0, 0.1) is 11.8 Å². The van der Waals surface area contributed by atoms with E-state index in [1.165, 1.54) is 6.42 Å². The molecule has 0 saturated heterocycles. The highest BCUT2D eigenvalue weighted by Gasteiger charge is 2.30. The molecule has 0 aliphatic heterocycles. The Morgan fingerprint density at radius 3 is 2.79 bits per heavy atom. The molecule has 1 aromatic carbocycles. The van der Waals surface area contributed by atoms with Gasteiger partial charge in [-0.1, -0.05) is 28.8 Å². The fraction of sp³-hybridized carbons (Fsp3) is 0.500. The van der Waals surface area contributed by atoms with Crippen LogP contribution < -0.4 is 11.1 Å². The first-order chi connectivity index (χ1) is 9.11. The number of hydrogen-bond acceptors (Lipinski definition) is 2. The van der Waals surface area contributed by atoms with Crippen molar-refractivity contribution in [2.45, 2.75) is 25.7 Å². The Labute approximate surface area is 130 Å². The molecule has 19 heavy (non-hydrogen) atoms. The molecule has 0 radical (unpaired) electrons. The van der Waals surface area contributed by atoms with Crippen LogP contribution in [0.15, 0.2) is 27.1 Å². The van der Waals surface area contributed by atoms with E-state index in [2.05, 4.69) is 37.2 Å². The van der Waals surface area contributed by atoms with E-state index in [1.807, 2.05) is 18.2 Å². The average molecular weight is 390 g/mol. The molecule has 2 rings (SSSR count). The average Bonchev–Trinajstić information content (AvgIpc) is 2.42. The number of rotatable bonds is 3. The van der Waals surface area contributed by atoms with E-state index in [4.69, 9.17) is 5.73 Å². The summed E-state index contributed by atoms with van der Waals surface area (Å²) < 4.78 is 1.84. The molecule has 1 aliphatic carbocycles. The van der Waals surface area contributed by atoms with Crippen molar-refractivity contribution in [3.05, 3.63) is 27.1 Å². The maximum atomic E-state index is 12.4. The highest BCUT2D eigenvalue weighted by molar-refractivity contribution is 9.11. The SMILES string of the molecule is NCC1CCCCC1C(=O)Nc1cc(Br)ccc1Br. The Morgan fingerprint density at radius 1 is 1.32 bits per heavy atom. The molecule has 1 saturated carbocycles. The van der Waals surface area contributed by atoms with E-state index in [1.54, 1.807) is 0 Å². The maximum absolute atomic E-state index is 12.4. The van der Waals surface area contributed by atoms with Gasteiger partial charge in [0.25, 0.3) is 0 Å². The number of nitrogens with one attached hydrogen (secondary N) is 1. The van der Waals surface area contributed by atoms with Crippen molar-refractivity contribution in [1.29, 1.82) is 0 Å². The van der Waals surface area contributed by atoms with Gasteiger partial charge in [0.05, 0.1) is 5.69 Å². The number of hydrogen-bond donors (Lipinski definition) is 2. The lowest BCUT2D eigenvalue weighted by molar-refractivity contribution is -0.122. The third-order valence-corrected chi connectivity index (χ3v) is 4.92. The van der Waals surface area contributed by atoms with Crippen molar-refractivity contribution in [1.82, 2.24) is 0 Å². The van der Waals surface area contributed by atoms with Gasteiger partial charge in [0.2, 0.25) is 5.91 Å². The van der Waals surface area contributed by atoms with E-state index in [-0.39, 0.29) is 11.8 Å². The summed E-state index contributed by atoms with van der Waals surface area (Å²) in [6, 6.07) is 5.76. The zero-order chi connectivity index (χ0) is 13.8. The van der Waals surface area contributed by atoms with Crippen LogP contribution in [-0.2, 0) is 4.79 Å². The fourth-order valence-corrected chi connectivity index (χ4v) is 3.36. The monoisotopic (exact) mass is 388 g/mol. The molecule has 1 amide bonds. The minimum absolute atomic E-state index is 0.0460. The van der Waals surface area contributed by atoms with Crippen molar-refractivity contribution < 1.29 is 4.79 Å². The Morgan fingerprint density at radius 2 is 2.05 bits per heavy atom. The van der Waals surface area contributed by atoms with Crippen LogP contribution in [0.2, 0.25) is 0 Å². The Balaban J connectivity index is 2.09. The van der Waals surface area contributed by atoms with Crippen LogP contribution in [0.5, 0.6) is 0 Å². The minimum Gasteiger partial charge on any atom is -0.330 e. The molecule has 0 bridgehead atoms. The number of benzene rings is 1. The van der Waals surface area contributed by atoms with Crippen LogP contribution in [0.25, 0.3) is 0 Å². The number of carbonyl (C=O) groups excluding carboxylic acids is 1. The maximum Gasteiger partial charge on any atom is 0.227 e. The molecule has 3 nitrogen and oxygen atoms in total. The molecule has 2 unspecified atom stereocenters. The second-order valence-electron chi connectivity index (χ2n) is 5.00. The third-order valence-electron chi connectivity index (χ3n) is 3.73. The molecule has 3 N–H and O–H groups in total. The van der Waals surface area contributed by atoms with Crippen LogP contribution >= 0.6 is 31.9 Å². The largest absolute Gasteiger partial charge is 0.330 e. The molecular formula is C14H18Br2N2O. The van der Waals surface area contributed by atoms with Crippen LogP contribution in [0.4, 0.5) is 5.69 Å². The number of halogens is 2. The molecule has 0 spiro atoms. The minimum atomic E-state index is 0.0460. The van der Waals surface area contributed by atoms with Gasteiger partial charge in [-0.15, -0.1) is 0 Å². The van der Waals surface area contributed by atoms with Gasteiger partial charge in [-0.3, -0.25) is 4.79 Å². The van der Waals surface area contributed by atoms with Crippen molar-refractivity contribution in [3.63, 3.8) is 0 Å². The number of anilines is 1. The third kappa shape index (κ3) is 3.80. The molecule has 104 valence electrons. The van der Waals surface area contributed by atoms with Crippen molar-refractivity contribution in [2.24, 2.45) is 17.6 Å². The summed E-state index contributed by atoms with van der Waals surface area (Å²) >= 11 is 6.87. The number of nitrogens with two attached hydrogens (primary N) is 1. The lowest BCUT2D eigenvalue weighted by Crippen LogP contribution is -2.35. The van der Waals surface area contributed by atoms with E-state index < -0.39 is 0 Å². The molecule has 2 atom stereocenters. The predicted molar refractivity (Wildman–Crippen MR) is 85.0 cm³/mol. The lowest BCUT2D eigenvalue weighted by Gasteiger charge is -2.29. The molecule has 0 heterocycles. The number of carbonyl (C=O) groups is 1. The van der Waals surface area contributed by atoms with Gasteiger partial charge in [-0.05, 0) is 59.4 Å². The summed E-state index contributed by atoms with van der Waals surface area (Å²) in [4.78, 5) is 12.4. The summed E-state index contributed by atoms with van der Waals surface area (Å²) in [6.45, 7) is 0.595. The summed E-state index contributed by atoms with van der Waals surface area (Å²) in [5, 5.41) is 3.01. The molecule has 5 heteroatoms. The molecule has 0 aromatic heterocycles. The van der Waals surface area contributed by atoms with E-state index >= 15 is 0 Å². The van der Waals surface area contributed by atoms with Gasteiger partial charge in [-0.2, -0.15) is 0 Å². The van der Waals surface area contributed by atoms with Gasteiger partial charge in [-0.25, -0.2) is 0 Å². The van der Waals surface area contributed by atoms with E-state index in [9.17, 15) is 4.79 Å². The summed E-state index contributed by atoms with van der Waals surface area (Å²) in [5.41, 5.74) is 6.59. The first-order valence-electron chi connectivity index (χ1n) is 6.58. The predicted octanol–water partition coefficient (Wildman–Crippen LogP) is 3.92. The highest BCUT2D eigenvalue weighted by Crippen LogP contribution is 2.32. The lowest BCUT2D eigenvalue weighted by atomic mass is 9.78. The molecule has 1 aromatic rings. The molecule has 1 aliphatic rings. The van der Waals surface area contributed by atoms with Crippen molar-refractivity contribution >= 4 is 43.5 Å². The topological polar surface area (TPSA) is 55.1 Å². The van der Waals surface area contributed by atoms with Crippen molar-refractivity contribution in [3.8, 4) is 0 Å². The summed E-state index contributed by atoms with van der Waals surface area (Å²) in [7, 11) is 0. The normalized spacial score (nSPS) is 23.1. The fourth-order valence-electron chi connectivity index (χ4n) is 2.65. The Bertz CT molecular complexity index is 465. The van der Waals surface area contributed by atoms with Crippen molar-refractivity contribution in [2.75, 3.05) is 11.9 Å². The summed E-state index contributed by atoms with van der Waals surface area (Å²) in [5.74, 6) is 0.457. The van der Waals surface area contributed by atoms with Gasteiger partial charge >= 0.3 is 0 Å². The van der Waals surface area contributed by atoms with E-state index in [0.29, 0.717) is 12.5 Å². The Hall–Kier alpha value is -0.390. The first kappa shape index (κ1) is 15.0. The molecule has 1 fully saturated rings.